The molecule has 0 radical (unpaired) electrons. The molecule has 3 nitrogen and oxygen atoms in total. The van der Waals surface area contributed by atoms with E-state index in [0.29, 0.717) is 6.42 Å². The quantitative estimate of drug-likeness (QED) is 0.734. The van der Waals surface area contributed by atoms with Crippen molar-refractivity contribution in [2.45, 2.75) is 6.42 Å². The molecule has 0 aliphatic heterocycles. The van der Waals surface area contributed by atoms with Crippen molar-refractivity contribution in [2.75, 3.05) is 6.54 Å². The number of nitrogens with two attached hydrogens (primary N) is 1. The van der Waals surface area contributed by atoms with Crippen LogP contribution in [0.5, 0.6) is 0 Å². The van der Waals surface area contributed by atoms with E-state index in [1.165, 1.54) is 0 Å². The second kappa shape index (κ2) is 4.23. The summed E-state index contributed by atoms with van der Waals surface area (Å²) in [5.74, 6) is -1.26. The van der Waals surface area contributed by atoms with E-state index in [2.05, 4.69) is 0 Å². The molecule has 0 saturated carbocycles. The lowest BCUT2D eigenvalue weighted by atomic mass is 10.1. The van der Waals surface area contributed by atoms with E-state index in [0.717, 1.165) is 4.88 Å². The third kappa shape index (κ3) is 2.32. The van der Waals surface area contributed by atoms with Gasteiger partial charge in [0.2, 0.25) is 0 Å². The van der Waals surface area contributed by atoms with Crippen LogP contribution in [0.25, 0.3) is 0 Å². The van der Waals surface area contributed by atoms with Crippen LogP contribution in [0, 0.1) is 5.92 Å². The predicted molar refractivity (Wildman–Crippen MR) is 48.2 cm³/mol. The van der Waals surface area contributed by atoms with Gasteiger partial charge in [0.15, 0.2) is 0 Å². The summed E-state index contributed by atoms with van der Waals surface area (Å²) in [7, 11) is 0. The van der Waals surface area contributed by atoms with Gasteiger partial charge < -0.3 is 10.8 Å². The van der Waals surface area contributed by atoms with E-state index in [9.17, 15) is 4.79 Å². The number of carboxylic acids is 1. The van der Waals surface area contributed by atoms with Crippen LogP contribution in [-0.4, -0.2) is 17.6 Å². The van der Waals surface area contributed by atoms with Crippen molar-refractivity contribution in [2.24, 2.45) is 11.7 Å². The fraction of sp³-hybridized carbons (Fsp3) is 0.375. The molecule has 3 N–H and O–H groups in total. The van der Waals surface area contributed by atoms with E-state index < -0.39 is 11.9 Å². The summed E-state index contributed by atoms with van der Waals surface area (Å²) in [5.41, 5.74) is 5.31. The van der Waals surface area contributed by atoms with Gasteiger partial charge in [0.05, 0.1) is 5.92 Å². The molecule has 1 heterocycles. The fourth-order valence-corrected chi connectivity index (χ4v) is 1.73. The maximum atomic E-state index is 10.6. The Morgan fingerprint density at radius 3 is 2.92 bits per heavy atom. The summed E-state index contributed by atoms with van der Waals surface area (Å²) < 4.78 is 0. The van der Waals surface area contributed by atoms with Gasteiger partial charge >= 0.3 is 5.97 Å². The Morgan fingerprint density at radius 1 is 1.75 bits per heavy atom. The SMILES string of the molecule is NCC(Cc1cccs1)C(=O)O. The Labute approximate surface area is 74.8 Å². The number of thiophene rings is 1. The minimum absolute atomic E-state index is 0.202. The standard InChI is InChI=1S/C8H11NO2S/c9-5-6(8(10)11)4-7-2-1-3-12-7/h1-3,6H,4-5,9H2,(H,10,11). The molecule has 0 saturated heterocycles. The molecular weight excluding hydrogens is 174 g/mol. The Kier molecular flexibility index (Phi) is 3.25. The zero-order valence-electron chi connectivity index (χ0n) is 6.56. The third-order valence-corrected chi connectivity index (χ3v) is 2.56. The number of rotatable bonds is 4. The maximum Gasteiger partial charge on any atom is 0.308 e. The smallest absolute Gasteiger partial charge is 0.308 e. The Morgan fingerprint density at radius 2 is 2.50 bits per heavy atom. The largest absolute Gasteiger partial charge is 0.481 e. The molecule has 0 aliphatic rings. The van der Waals surface area contributed by atoms with Crippen molar-refractivity contribution < 1.29 is 9.90 Å². The zero-order chi connectivity index (χ0) is 8.97. The Bertz CT molecular complexity index is 246. The molecule has 0 aromatic carbocycles. The molecule has 1 aromatic heterocycles. The molecule has 1 aromatic rings. The van der Waals surface area contributed by atoms with Crippen LogP contribution >= 0.6 is 11.3 Å². The summed E-state index contributed by atoms with van der Waals surface area (Å²) in [6.07, 6.45) is 0.545. The molecule has 1 unspecified atom stereocenters. The number of hydrogen-bond acceptors (Lipinski definition) is 3. The van der Waals surface area contributed by atoms with Crippen molar-refractivity contribution in [3.63, 3.8) is 0 Å². The summed E-state index contributed by atoms with van der Waals surface area (Å²) in [6.45, 7) is 0.202. The topological polar surface area (TPSA) is 63.3 Å². The van der Waals surface area contributed by atoms with Gasteiger partial charge in [-0.15, -0.1) is 11.3 Å². The number of hydrogen-bond donors (Lipinski definition) is 2. The monoisotopic (exact) mass is 185 g/mol. The van der Waals surface area contributed by atoms with E-state index in [4.69, 9.17) is 10.8 Å². The first-order valence-corrected chi connectivity index (χ1v) is 4.57. The van der Waals surface area contributed by atoms with Crippen LogP contribution in [0.1, 0.15) is 4.88 Å². The molecule has 12 heavy (non-hydrogen) atoms. The van der Waals surface area contributed by atoms with Gasteiger partial charge in [-0.2, -0.15) is 0 Å². The Hall–Kier alpha value is -0.870. The van der Waals surface area contributed by atoms with E-state index in [-0.39, 0.29) is 6.54 Å². The summed E-state index contributed by atoms with van der Waals surface area (Å²) in [4.78, 5) is 11.7. The summed E-state index contributed by atoms with van der Waals surface area (Å²) in [5, 5.41) is 10.6. The maximum absolute atomic E-state index is 10.6. The molecule has 0 bridgehead atoms. The predicted octanol–water partition coefficient (Wildman–Crippen LogP) is 0.950. The van der Waals surface area contributed by atoms with Gasteiger partial charge in [0.25, 0.3) is 0 Å². The highest BCUT2D eigenvalue weighted by atomic mass is 32.1. The highest BCUT2D eigenvalue weighted by Gasteiger charge is 2.15. The van der Waals surface area contributed by atoms with Crippen LogP contribution in [-0.2, 0) is 11.2 Å². The molecule has 4 heteroatoms. The van der Waals surface area contributed by atoms with Gasteiger partial charge in [-0.05, 0) is 17.9 Å². The minimum Gasteiger partial charge on any atom is -0.481 e. The van der Waals surface area contributed by atoms with Crippen molar-refractivity contribution in [3.8, 4) is 0 Å². The Balaban J connectivity index is 2.54. The molecule has 0 spiro atoms. The second-order valence-corrected chi connectivity index (χ2v) is 3.59. The number of carboxylic acid groups (broad SMARTS) is 1. The van der Waals surface area contributed by atoms with Crippen LogP contribution in [0.15, 0.2) is 17.5 Å². The average molecular weight is 185 g/mol. The van der Waals surface area contributed by atoms with Crippen LogP contribution in [0.4, 0.5) is 0 Å². The summed E-state index contributed by atoms with van der Waals surface area (Å²) in [6, 6.07) is 3.84. The number of aliphatic carboxylic acids is 1. The second-order valence-electron chi connectivity index (χ2n) is 2.55. The van der Waals surface area contributed by atoms with E-state index in [1.54, 1.807) is 11.3 Å². The first kappa shape index (κ1) is 9.22. The molecule has 66 valence electrons. The van der Waals surface area contributed by atoms with Gasteiger partial charge in [-0.25, -0.2) is 0 Å². The lowest BCUT2D eigenvalue weighted by Crippen LogP contribution is -2.24. The van der Waals surface area contributed by atoms with Gasteiger partial charge in [0, 0.05) is 11.4 Å². The first-order chi connectivity index (χ1) is 5.74. The first-order valence-electron chi connectivity index (χ1n) is 3.69. The molecule has 0 amide bonds. The highest BCUT2D eigenvalue weighted by Crippen LogP contribution is 2.13. The van der Waals surface area contributed by atoms with Crippen molar-refractivity contribution in [1.82, 2.24) is 0 Å². The molecule has 0 fully saturated rings. The van der Waals surface area contributed by atoms with Crippen molar-refractivity contribution in [1.29, 1.82) is 0 Å². The van der Waals surface area contributed by atoms with Gasteiger partial charge in [-0.1, -0.05) is 6.07 Å². The molecule has 0 aliphatic carbocycles. The van der Waals surface area contributed by atoms with Crippen LogP contribution in [0.3, 0.4) is 0 Å². The normalized spacial score (nSPS) is 12.8. The van der Waals surface area contributed by atoms with Crippen LogP contribution < -0.4 is 5.73 Å². The molecular formula is C8H11NO2S. The number of carbonyl (C=O) groups is 1. The third-order valence-electron chi connectivity index (χ3n) is 1.66. The van der Waals surface area contributed by atoms with E-state index >= 15 is 0 Å². The lowest BCUT2D eigenvalue weighted by molar-refractivity contribution is -0.141. The molecule has 1 rings (SSSR count). The fourth-order valence-electron chi connectivity index (χ4n) is 0.943. The average Bonchev–Trinajstić information content (AvgIpc) is 2.51. The van der Waals surface area contributed by atoms with Gasteiger partial charge in [0.1, 0.15) is 0 Å². The van der Waals surface area contributed by atoms with Crippen molar-refractivity contribution in [3.05, 3.63) is 22.4 Å². The van der Waals surface area contributed by atoms with Crippen LogP contribution in [0.2, 0.25) is 0 Å². The minimum atomic E-state index is -0.814. The lowest BCUT2D eigenvalue weighted by Gasteiger charge is -2.06. The zero-order valence-corrected chi connectivity index (χ0v) is 7.38. The van der Waals surface area contributed by atoms with Crippen molar-refractivity contribution >= 4 is 17.3 Å². The van der Waals surface area contributed by atoms with Gasteiger partial charge in [-0.3, -0.25) is 4.79 Å². The van der Waals surface area contributed by atoms with E-state index in [1.807, 2.05) is 17.5 Å². The molecule has 1 atom stereocenters. The highest BCUT2D eigenvalue weighted by molar-refractivity contribution is 7.09. The summed E-state index contributed by atoms with van der Waals surface area (Å²) >= 11 is 1.57.